The van der Waals surface area contributed by atoms with Gasteiger partial charge in [0, 0.05) is 22.5 Å². The maximum atomic E-state index is 2.54. The Kier molecular flexibility index (Phi) is 6.13. The molecule has 0 saturated heterocycles. The van der Waals surface area contributed by atoms with Gasteiger partial charge in [-0.2, -0.15) is 0 Å². The van der Waals surface area contributed by atoms with E-state index in [1.54, 1.807) is 11.1 Å². The first kappa shape index (κ1) is 27.3. The fourth-order valence-corrected chi connectivity index (χ4v) is 10.6. The molecule has 6 aromatic rings. The maximum Gasteiger partial charge on any atom is 0.0468 e. The first-order valence-corrected chi connectivity index (χ1v) is 17.6. The van der Waals surface area contributed by atoms with E-state index in [4.69, 9.17) is 0 Å². The highest BCUT2D eigenvalue weighted by Crippen LogP contribution is 2.69. The third-order valence-electron chi connectivity index (χ3n) is 12.3. The molecule has 0 aromatic heterocycles. The largest absolute Gasteiger partial charge is 0.310 e. The Labute approximate surface area is 278 Å². The van der Waals surface area contributed by atoms with E-state index < -0.39 is 0 Å². The quantitative estimate of drug-likeness (QED) is 0.189. The van der Waals surface area contributed by atoms with Crippen molar-refractivity contribution in [3.05, 3.63) is 163 Å². The van der Waals surface area contributed by atoms with Crippen molar-refractivity contribution in [2.24, 2.45) is 23.7 Å². The van der Waals surface area contributed by atoms with Crippen LogP contribution in [0.2, 0.25) is 0 Å². The molecule has 1 heteroatoms. The Morgan fingerprint density at radius 3 is 1.38 bits per heavy atom. The second-order valence-electron chi connectivity index (χ2n) is 14.6. The molecule has 47 heavy (non-hydrogen) atoms. The van der Waals surface area contributed by atoms with E-state index in [0.29, 0.717) is 0 Å². The molecule has 0 radical (unpaired) electrons. The van der Waals surface area contributed by atoms with Gasteiger partial charge in [-0.25, -0.2) is 0 Å². The molecule has 6 aromatic carbocycles. The van der Waals surface area contributed by atoms with Crippen molar-refractivity contribution in [2.75, 3.05) is 4.90 Å². The second-order valence-corrected chi connectivity index (χ2v) is 14.6. The van der Waals surface area contributed by atoms with Gasteiger partial charge >= 0.3 is 0 Å². The lowest BCUT2D eigenvalue weighted by Gasteiger charge is -2.61. The second kappa shape index (κ2) is 10.6. The van der Waals surface area contributed by atoms with Gasteiger partial charge in [0.05, 0.1) is 0 Å². The van der Waals surface area contributed by atoms with E-state index in [9.17, 15) is 0 Å². The minimum Gasteiger partial charge on any atom is -0.310 e. The highest BCUT2D eigenvalue weighted by molar-refractivity contribution is 5.88. The molecule has 4 fully saturated rings. The van der Waals surface area contributed by atoms with Gasteiger partial charge in [0.2, 0.25) is 0 Å². The van der Waals surface area contributed by atoms with Gasteiger partial charge in [-0.3, -0.25) is 0 Å². The average molecular weight is 606 g/mol. The Balaban J connectivity index is 1.11. The number of hydrogen-bond donors (Lipinski definition) is 0. The van der Waals surface area contributed by atoms with Crippen molar-refractivity contribution >= 4 is 17.1 Å². The molecule has 0 atom stereocenters. The highest BCUT2D eigenvalue weighted by Gasteiger charge is 2.61. The Hall–Kier alpha value is -4.88. The lowest BCUT2D eigenvalue weighted by atomic mass is 9.43. The standard InChI is InChI=1S/C46H39N/c1-3-9-33(10-4-1)35-15-19-39(20-16-35)47(40-21-17-36(18-22-40)34-11-5-2-6-12-34)41-23-24-45-43(30-41)42-13-7-8-14-44(42)46(45)37-26-31-25-32(28-37)29-38(46)27-31/h1-24,30-32,37-38H,25-29H2/t31-,32?,37-,38-,46?/m1/s1. The summed E-state index contributed by atoms with van der Waals surface area (Å²) in [5.74, 6) is 3.46. The Morgan fingerprint density at radius 2 is 0.830 bits per heavy atom. The van der Waals surface area contributed by atoms with Gasteiger partial charge in [-0.1, -0.05) is 115 Å². The fourth-order valence-electron chi connectivity index (χ4n) is 10.6. The van der Waals surface area contributed by atoms with Crippen molar-refractivity contribution in [2.45, 2.75) is 37.5 Å². The predicted molar refractivity (Wildman–Crippen MR) is 195 cm³/mol. The molecule has 5 aliphatic rings. The summed E-state index contributed by atoms with van der Waals surface area (Å²) in [4.78, 5) is 2.45. The van der Waals surface area contributed by atoms with Gasteiger partial charge in [-0.05, 0) is 137 Å². The summed E-state index contributed by atoms with van der Waals surface area (Å²) in [6.45, 7) is 0. The first-order valence-electron chi connectivity index (χ1n) is 17.6. The van der Waals surface area contributed by atoms with Crippen molar-refractivity contribution in [1.29, 1.82) is 0 Å². The summed E-state index contributed by atoms with van der Waals surface area (Å²) in [6.07, 6.45) is 7.14. The number of hydrogen-bond acceptors (Lipinski definition) is 1. The molecule has 4 bridgehead atoms. The molecule has 0 N–H and O–H groups in total. The first-order chi connectivity index (χ1) is 23.3. The van der Waals surface area contributed by atoms with Gasteiger partial charge in [0.25, 0.3) is 0 Å². The van der Waals surface area contributed by atoms with Crippen LogP contribution in [0, 0.1) is 23.7 Å². The monoisotopic (exact) mass is 605 g/mol. The summed E-state index contributed by atoms with van der Waals surface area (Å²) < 4.78 is 0. The number of nitrogens with zero attached hydrogens (tertiary/aromatic N) is 1. The molecule has 0 heterocycles. The molecule has 0 unspecified atom stereocenters. The third kappa shape index (κ3) is 4.15. The Morgan fingerprint density at radius 1 is 0.383 bits per heavy atom. The molecule has 1 spiro atoms. The topological polar surface area (TPSA) is 3.24 Å². The van der Waals surface area contributed by atoms with Crippen molar-refractivity contribution in [1.82, 2.24) is 0 Å². The zero-order valence-corrected chi connectivity index (χ0v) is 26.7. The SMILES string of the molecule is c1ccc(-c2ccc(N(c3ccc(-c4ccccc4)cc3)c3ccc4c(c3)-c3ccccc3C43[C@H]4CC5C[C@H](C4)C[C@@H]3C5)cc2)cc1. The molecule has 4 saturated carbocycles. The molecule has 1 nitrogen and oxygen atoms in total. The van der Waals surface area contributed by atoms with Crippen LogP contribution < -0.4 is 4.90 Å². The normalized spacial score (nSPS) is 24.7. The lowest BCUT2D eigenvalue weighted by Crippen LogP contribution is -2.55. The zero-order valence-electron chi connectivity index (χ0n) is 26.7. The van der Waals surface area contributed by atoms with E-state index in [2.05, 4.69) is 157 Å². The molecule has 11 rings (SSSR count). The van der Waals surface area contributed by atoms with E-state index >= 15 is 0 Å². The molecule has 5 aliphatic carbocycles. The van der Waals surface area contributed by atoms with Crippen LogP contribution in [0.4, 0.5) is 17.1 Å². The van der Waals surface area contributed by atoms with Crippen LogP contribution in [0.3, 0.4) is 0 Å². The van der Waals surface area contributed by atoms with E-state index in [0.717, 1.165) is 23.7 Å². The van der Waals surface area contributed by atoms with E-state index in [-0.39, 0.29) is 5.41 Å². The molecular weight excluding hydrogens is 567 g/mol. The molecule has 0 amide bonds. The van der Waals surface area contributed by atoms with Crippen LogP contribution in [0.15, 0.2) is 152 Å². The number of anilines is 3. The summed E-state index contributed by atoms with van der Waals surface area (Å²) >= 11 is 0. The van der Waals surface area contributed by atoms with Gasteiger partial charge in [-0.15, -0.1) is 0 Å². The minimum atomic E-state index is 0.192. The zero-order chi connectivity index (χ0) is 31.0. The van der Waals surface area contributed by atoms with E-state index in [1.165, 1.54) is 82.5 Å². The Bertz CT molecular complexity index is 1960. The van der Waals surface area contributed by atoms with Crippen LogP contribution in [0.5, 0.6) is 0 Å². The number of fused-ring (bicyclic) bond motifs is 3. The molecule has 0 aliphatic heterocycles. The summed E-state index contributed by atoms with van der Waals surface area (Å²) in [5, 5.41) is 0. The fraction of sp³-hybridized carbons (Fsp3) is 0.217. The van der Waals surface area contributed by atoms with Crippen molar-refractivity contribution in [3.8, 4) is 33.4 Å². The molecular formula is C46H39N. The number of rotatable bonds is 5. The van der Waals surface area contributed by atoms with E-state index in [1.807, 2.05) is 0 Å². The predicted octanol–water partition coefficient (Wildman–Crippen LogP) is 12.2. The van der Waals surface area contributed by atoms with Crippen molar-refractivity contribution in [3.63, 3.8) is 0 Å². The van der Waals surface area contributed by atoms with Gasteiger partial charge < -0.3 is 4.90 Å². The van der Waals surface area contributed by atoms with Crippen LogP contribution in [-0.4, -0.2) is 0 Å². The smallest absolute Gasteiger partial charge is 0.0468 e. The third-order valence-corrected chi connectivity index (χ3v) is 12.3. The summed E-state index contributed by atoms with van der Waals surface area (Å²) in [7, 11) is 0. The van der Waals surface area contributed by atoms with Gasteiger partial charge in [0.1, 0.15) is 0 Å². The molecule has 228 valence electrons. The highest BCUT2D eigenvalue weighted by atomic mass is 15.1. The maximum absolute atomic E-state index is 2.54. The minimum absolute atomic E-state index is 0.192. The number of benzene rings is 6. The van der Waals surface area contributed by atoms with Gasteiger partial charge in [0.15, 0.2) is 0 Å². The summed E-state index contributed by atoms with van der Waals surface area (Å²) in [5.41, 5.74) is 14.9. The average Bonchev–Trinajstić information content (AvgIpc) is 3.42. The summed E-state index contributed by atoms with van der Waals surface area (Å²) in [6, 6.07) is 56.5. The van der Waals surface area contributed by atoms with Crippen LogP contribution in [0.1, 0.15) is 43.2 Å². The lowest BCUT2D eigenvalue weighted by molar-refractivity contribution is -0.0399. The van der Waals surface area contributed by atoms with Crippen molar-refractivity contribution < 1.29 is 0 Å². The van der Waals surface area contributed by atoms with Crippen LogP contribution >= 0.6 is 0 Å². The van der Waals surface area contributed by atoms with Crippen LogP contribution in [0.25, 0.3) is 33.4 Å². The van der Waals surface area contributed by atoms with Crippen LogP contribution in [-0.2, 0) is 5.41 Å².